The number of hydrogen-bond donors (Lipinski definition) is 0. The molecular weight excluding hydrogens is 396 g/mol. The molecule has 3 aromatic carbocycles. The zero-order valence-corrected chi connectivity index (χ0v) is 14.9. The Hall–Kier alpha value is -1.32. The summed E-state index contributed by atoms with van der Waals surface area (Å²) in [6.45, 7) is 0. The van der Waals surface area contributed by atoms with E-state index in [0.29, 0.717) is 15.6 Å². The minimum Gasteiger partial charge on any atom is -0.206 e. The van der Waals surface area contributed by atoms with E-state index in [1.165, 1.54) is 18.2 Å². The molecule has 6 heteroatoms. The van der Waals surface area contributed by atoms with Crippen LogP contribution in [0.4, 0.5) is 8.78 Å². The van der Waals surface area contributed by atoms with Crippen molar-refractivity contribution in [1.29, 1.82) is 0 Å². The molecule has 0 spiro atoms. The minimum absolute atomic E-state index is 0.0674. The maximum atomic E-state index is 14.7. The Labute approximate surface area is 157 Å². The Morgan fingerprint density at radius 3 is 1.83 bits per heavy atom. The Morgan fingerprint density at radius 1 is 0.583 bits per heavy atom. The summed E-state index contributed by atoms with van der Waals surface area (Å²) in [4.78, 5) is 0. The van der Waals surface area contributed by atoms with E-state index in [1.54, 1.807) is 24.3 Å². The third-order valence-electron chi connectivity index (χ3n) is 3.53. The summed E-state index contributed by atoms with van der Waals surface area (Å²) in [6.07, 6.45) is 0. The average molecular weight is 404 g/mol. The molecule has 0 unspecified atom stereocenters. The molecule has 0 N–H and O–H groups in total. The fourth-order valence-corrected chi connectivity index (χ4v) is 3.45. The van der Waals surface area contributed by atoms with Gasteiger partial charge in [-0.15, -0.1) is 0 Å². The standard InChI is InChI=1S/C18H8Cl4F2/c19-12-4-2-5-13(20)17(12)11-7-15(22)10(8-16(11)23)9-3-1-6-14(21)18(9)24/h1-8H. The minimum atomic E-state index is -0.663. The zero-order valence-electron chi connectivity index (χ0n) is 11.9. The quantitative estimate of drug-likeness (QED) is 0.407. The molecule has 0 aliphatic heterocycles. The number of hydrogen-bond acceptors (Lipinski definition) is 0. The highest BCUT2D eigenvalue weighted by molar-refractivity contribution is 6.39. The van der Waals surface area contributed by atoms with Crippen LogP contribution in [0, 0.1) is 11.6 Å². The van der Waals surface area contributed by atoms with E-state index in [2.05, 4.69) is 0 Å². The second-order valence-electron chi connectivity index (χ2n) is 5.01. The Balaban J connectivity index is 2.22. The van der Waals surface area contributed by atoms with Gasteiger partial charge in [0.15, 0.2) is 0 Å². The van der Waals surface area contributed by atoms with E-state index in [9.17, 15) is 8.78 Å². The van der Waals surface area contributed by atoms with E-state index in [0.717, 1.165) is 6.07 Å². The van der Waals surface area contributed by atoms with Gasteiger partial charge in [0, 0.05) is 37.3 Å². The van der Waals surface area contributed by atoms with Gasteiger partial charge in [0.2, 0.25) is 0 Å². The van der Waals surface area contributed by atoms with Gasteiger partial charge in [-0.05, 0) is 30.3 Å². The monoisotopic (exact) mass is 402 g/mol. The van der Waals surface area contributed by atoms with Crippen LogP contribution in [0.2, 0.25) is 20.1 Å². The van der Waals surface area contributed by atoms with Crippen molar-refractivity contribution in [3.05, 3.63) is 80.3 Å². The summed E-state index contributed by atoms with van der Waals surface area (Å²) in [5, 5.41) is 0.670. The molecule has 0 heterocycles. The number of benzene rings is 3. The van der Waals surface area contributed by atoms with Crippen LogP contribution in [0.3, 0.4) is 0 Å². The summed E-state index contributed by atoms with van der Waals surface area (Å²) in [5.41, 5.74) is 0.782. The lowest BCUT2D eigenvalue weighted by atomic mass is 9.99. The second kappa shape index (κ2) is 6.89. The van der Waals surface area contributed by atoms with Crippen LogP contribution in [0.15, 0.2) is 48.5 Å². The average Bonchev–Trinajstić information content (AvgIpc) is 2.53. The molecule has 0 amide bonds. The van der Waals surface area contributed by atoms with Crippen LogP contribution in [0.5, 0.6) is 0 Å². The van der Waals surface area contributed by atoms with Gasteiger partial charge in [0.25, 0.3) is 0 Å². The second-order valence-corrected chi connectivity index (χ2v) is 6.64. The highest BCUT2D eigenvalue weighted by Crippen LogP contribution is 2.41. The summed E-state index contributed by atoms with van der Waals surface area (Å²) in [6, 6.07) is 11.8. The molecule has 0 nitrogen and oxygen atoms in total. The molecule has 0 aliphatic rings. The van der Waals surface area contributed by atoms with Crippen molar-refractivity contribution < 1.29 is 8.78 Å². The van der Waals surface area contributed by atoms with Crippen molar-refractivity contribution in [1.82, 2.24) is 0 Å². The van der Waals surface area contributed by atoms with E-state index in [4.69, 9.17) is 46.4 Å². The lowest BCUT2D eigenvalue weighted by molar-refractivity contribution is 0.627. The molecule has 0 radical (unpaired) electrons. The van der Waals surface area contributed by atoms with Crippen molar-refractivity contribution in [2.75, 3.05) is 0 Å². The Kier molecular flexibility index (Phi) is 5.03. The summed E-state index contributed by atoms with van der Waals surface area (Å²) in [7, 11) is 0. The maximum absolute atomic E-state index is 14.7. The fourth-order valence-electron chi connectivity index (χ4n) is 2.41. The Bertz CT molecular complexity index is 918. The van der Waals surface area contributed by atoms with Gasteiger partial charge in [0.05, 0.1) is 5.02 Å². The van der Waals surface area contributed by atoms with E-state index in [1.807, 2.05) is 0 Å². The fraction of sp³-hybridized carbons (Fsp3) is 0. The third-order valence-corrected chi connectivity index (χ3v) is 4.77. The highest BCUT2D eigenvalue weighted by atomic mass is 35.5. The molecule has 0 saturated heterocycles. The molecule has 3 aromatic rings. The van der Waals surface area contributed by atoms with Crippen molar-refractivity contribution in [2.24, 2.45) is 0 Å². The summed E-state index contributed by atoms with van der Waals surface area (Å²) >= 11 is 24.3. The first kappa shape index (κ1) is 17.5. The number of halogens is 6. The molecule has 0 fully saturated rings. The molecule has 0 aromatic heterocycles. The van der Waals surface area contributed by atoms with Crippen LogP contribution in [0.25, 0.3) is 22.3 Å². The lowest BCUT2D eigenvalue weighted by Crippen LogP contribution is -1.92. The van der Waals surface area contributed by atoms with Gasteiger partial charge >= 0.3 is 0 Å². The SMILES string of the molecule is Fc1cc(-c2cccc(Cl)c2F)c(Cl)cc1-c1c(Cl)cccc1Cl. The van der Waals surface area contributed by atoms with E-state index < -0.39 is 11.6 Å². The van der Waals surface area contributed by atoms with Gasteiger partial charge in [-0.25, -0.2) is 8.78 Å². The van der Waals surface area contributed by atoms with Crippen LogP contribution < -0.4 is 0 Å². The van der Waals surface area contributed by atoms with Crippen LogP contribution >= 0.6 is 46.4 Å². The zero-order chi connectivity index (χ0) is 17.4. The first-order chi connectivity index (χ1) is 11.4. The highest BCUT2D eigenvalue weighted by Gasteiger charge is 2.18. The van der Waals surface area contributed by atoms with E-state index in [-0.39, 0.29) is 26.7 Å². The van der Waals surface area contributed by atoms with Gasteiger partial charge < -0.3 is 0 Å². The molecule has 0 bridgehead atoms. The molecule has 3 rings (SSSR count). The molecule has 0 atom stereocenters. The lowest BCUT2D eigenvalue weighted by Gasteiger charge is -2.13. The summed E-state index contributed by atoms with van der Waals surface area (Å²) in [5.74, 6) is -1.28. The van der Waals surface area contributed by atoms with Crippen LogP contribution in [-0.2, 0) is 0 Å². The molecule has 0 saturated carbocycles. The van der Waals surface area contributed by atoms with Gasteiger partial charge in [-0.2, -0.15) is 0 Å². The topological polar surface area (TPSA) is 0 Å². The molecular formula is C18H8Cl4F2. The van der Waals surface area contributed by atoms with Crippen LogP contribution in [0.1, 0.15) is 0 Å². The van der Waals surface area contributed by atoms with Gasteiger partial charge in [0.1, 0.15) is 11.6 Å². The smallest absolute Gasteiger partial charge is 0.149 e. The van der Waals surface area contributed by atoms with Crippen LogP contribution in [-0.4, -0.2) is 0 Å². The largest absolute Gasteiger partial charge is 0.206 e. The summed E-state index contributed by atoms with van der Waals surface area (Å²) < 4.78 is 28.9. The maximum Gasteiger partial charge on any atom is 0.149 e. The predicted octanol–water partition coefficient (Wildman–Crippen LogP) is 7.91. The van der Waals surface area contributed by atoms with Crippen molar-refractivity contribution in [3.8, 4) is 22.3 Å². The predicted molar refractivity (Wildman–Crippen MR) is 97.3 cm³/mol. The van der Waals surface area contributed by atoms with Gasteiger partial charge in [-0.1, -0.05) is 64.6 Å². The number of rotatable bonds is 2. The molecule has 0 aliphatic carbocycles. The normalized spacial score (nSPS) is 10.9. The Morgan fingerprint density at radius 2 is 1.17 bits per heavy atom. The first-order valence-corrected chi connectivity index (χ1v) is 8.29. The first-order valence-electron chi connectivity index (χ1n) is 6.78. The van der Waals surface area contributed by atoms with Crippen molar-refractivity contribution in [3.63, 3.8) is 0 Å². The van der Waals surface area contributed by atoms with Crippen molar-refractivity contribution >= 4 is 46.4 Å². The molecule has 122 valence electrons. The molecule has 24 heavy (non-hydrogen) atoms. The van der Waals surface area contributed by atoms with E-state index >= 15 is 0 Å². The third kappa shape index (κ3) is 3.12. The van der Waals surface area contributed by atoms with Gasteiger partial charge in [-0.3, -0.25) is 0 Å². The van der Waals surface area contributed by atoms with Crippen molar-refractivity contribution in [2.45, 2.75) is 0 Å².